The summed E-state index contributed by atoms with van der Waals surface area (Å²) in [5.41, 5.74) is 0.657. The van der Waals surface area contributed by atoms with E-state index in [2.05, 4.69) is 62.4 Å². The fourth-order valence-electron chi connectivity index (χ4n) is 5.41. The molecule has 2 N–H and O–H groups in total. The van der Waals surface area contributed by atoms with Crippen LogP contribution >= 0.6 is 0 Å². The van der Waals surface area contributed by atoms with Crippen LogP contribution in [0.3, 0.4) is 0 Å². The van der Waals surface area contributed by atoms with Crippen molar-refractivity contribution in [2.45, 2.75) is 57.7 Å². The number of aromatic nitrogens is 5. The zero-order chi connectivity index (χ0) is 27.3. The van der Waals surface area contributed by atoms with Crippen LogP contribution in [-0.2, 0) is 0 Å². The topological polar surface area (TPSA) is 116 Å². The molecule has 1 aromatic carbocycles. The minimum atomic E-state index is -1.71. The molecule has 0 spiro atoms. The summed E-state index contributed by atoms with van der Waals surface area (Å²) in [5, 5.41) is 23.6. The molecule has 0 unspecified atom stereocenters. The number of piperidine rings is 1. The van der Waals surface area contributed by atoms with E-state index < -0.39 is 11.8 Å². The molecule has 0 aliphatic carbocycles. The molecule has 10 nitrogen and oxygen atoms in total. The summed E-state index contributed by atoms with van der Waals surface area (Å²) < 4.78 is 20.4. The number of alkyl halides is 1. The molecule has 2 atom stereocenters. The Morgan fingerprint density at radius 3 is 2.64 bits per heavy atom. The summed E-state index contributed by atoms with van der Waals surface area (Å²) >= 11 is 0. The highest BCUT2D eigenvalue weighted by Gasteiger charge is 2.40. The number of pyridine rings is 1. The van der Waals surface area contributed by atoms with Gasteiger partial charge in [-0.3, -0.25) is 0 Å². The number of nitrogens with zero attached hydrogens (tertiary/aromatic N) is 7. The molecule has 2 saturated heterocycles. The van der Waals surface area contributed by atoms with Gasteiger partial charge in [0.25, 0.3) is 0 Å². The normalized spacial score (nSPS) is 22.0. The Balaban J connectivity index is 1.25. The number of rotatable bonds is 6. The van der Waals surface area contributed by atoms with Crippen LogP contribution in [0.4, 0.5) is 27.7 Å². The van der Waals surface area contributed by atoms with Gasteiger partial charge in [-0.05, 0) is 48.4 Å². The number of hydrogen-bond donors (Lipinski definition) is 2. The average molecular weight is 533 g/mol. The molecule has 11 heteroatoms. The molecule has 5 heterocycles. The molecule has 0 saturated carbocycles. The third-order valence-electron chi connectivity index (χ3n) is 7.70. The summed E-state index contributed by atoms with van der Waals surface area (Å²) in [5.74, 6) is 3.50. The van der Waals surface area contributed by atoms with Gasteiger partial charge in [0.15, 0.2) is 5.67 Å². The molecule has 2 aliphatic rings. The van der Waals surface area contributed by atoms with Gasteiger partial charge in [0.2, 0.25) is 17.7 Å². The maximum atomic E-state index is 14.7. The second-order valence-corrected chi connectivity index (χ2v) is 11.1. The largest absolute Gasteiger partial charge is 0.425 e. The highest BCUT2D eigenvalue weighted by Crippen LogP contribution is 2.39. The molecular weight excluding hydrogens is 499 g/mol. The maximum absolute atomic E-state index is 14.7. The standard InChI is InChI=1S/C28H33FN8O2/c1-16(2)19-5-6-22(37-13-18(14-37)26-35-34-17(3)39-26)21-12-31-25(11-20(19)21)32-24-7-9-30-27(33-24)36-10-8-23(38)28(4,29)15-36/h5-7,9,11-12,16,18,23,38H,8,10,13-15H2,1-4H3,(H,30,31,32,33)/t23-,28+/m1/s1. The Morgan fingerprint density at radius 2 is 1.92 bits per heavy atom. The van der Waals surface area contributed by atoms with Crippen LogP contribution in [-0.4, -0.2) is 68.2 Å². The van der Waals surface area contributed by atoms with Crippen LogP contribution in [0.5, 0.6) is 0 Å². The molecule has 2 aliphatic heterocycles. The molecule has 0 amide bonds. The lowest BCUT2D eigenvalue weighted by atomic mass is 9.93. The van der Waals surface area contributed by atoms with Gasteiger partial charge in [0.05, 0.1) is 18.6 Å². The van der Waals surface area contributed by atoms with Crippen LogP contribution < -0.4 is 15.1 Å². The van der Waals surface area contributed by atoms with Gasteiger partial charge in [-0.1, -0.05) is 19.9 Å². The minimum absolute atomic E-state index is 0.0375. The van der Waals surface area contributed by atoms with Crippen molar-refractivity contribution in [3.05, 3.63) is 54.0 Å². The van der Waals surface area contributed by atoms with Gasteiger partial charge < -0.3 is 24.6 Å². The van der Waals surface area contributed by atoms with E-state index in [1.807, 2.05) is 13.1 Å². The lowest BCUT2D eigenvalue weighted by molar-refractivity contribution is -0.00860. The number of aliphatic hydroxyl groups is 1. The molecule has 4 aromatic rings. The summed E-state index contributed by atoms with van der Waals surface area (Å²) in [4.78, 5) is 17.8. The SMILES string of the molecule is Cc1nnc(C2CN(c3ccc(C(C)C)c4cc(Nc5ccnc(N6CC[C@@H](O)[C@@](C)(F)C6)n5)ncc34)C2)o1. The fourth-order valence-corrected chi connectivity index (χ4v) is 5.41. The smallest absolute Gasteiger partial charge is 0.227 e. The lowest BCUT2D eigenvalue weighted by Crippen LogP contribution is -2.52. The number of halogens is 1. The Hall–Kier alpha value is -3.86. The summed E-state index contributed by atoms with van der Waals surface area (Å²) in [6.45, 7) is 9.74. The van der Waals surface area contributed by atoms with Crippen LogP contribution in [0.2, 0.25) is 0 Å². The van der Waals surface area contributed by atoms with Crippen molar-refractivity contribution in [2.24, 2.45) is 0 Å². The van der Waals surface area contributed by atoms with E-state index in [-0.39, 0.29) is 12.5 Å². The van der Waals surface area contributed by atoms with Crippen molar-refractivity contribution in [2.75, 3.05) is 41.3 Å². The molecule has 0 radical (unpaired) electrons. The summed E-state index contributed by atoms with van der Waals surface area (Å²) in [6, 6.07) is 8.19. The van der Waals surface area contributed by atoms with Crippen molar-refractivity contribution in [3.8, 4) is 0 Å². The lowest BCUT2D eigenvalue weighted by Gasteiger charge is -2.40. The number of anilines is 4. The van der Waals surface area contributed by atoms with Crippen LogP contribution in [0, 0.1) is 6.92 Å². The van der Waals surface area contributed by atoms with E-state index in [0.29, 0.717) is 48.2 Å². The van der Waals surface area contributed by atoms with Gasteiger partial charge >= 0.3 is 0 Å². The first-order valence-corrected chi connectivity index (χ1v) is 13.4. The van der Waals surface area contributed by atoms with Gasteiger partial charge in [-0.2, -0.15) is 4.98 Å². The molecule has 2 fully saturated rings. The maximum Gasteiger partial charge on any atom is 0.227 e. The quantitative estimate of drug-likeness (QED) is 0.368. The van der Waals surface area contributed by atoms with Crippen molar-refractivity contribution < 1.29 is 13.9 Å². The number of benzene rings is 1. The van der Waals surface area contributed by atoms with Gasteiger partial charge in [0, 0.05) is 50.0 Å². The van der Waals surface area contributed by atoms with E-state index in [1.165, 1.54) is 12.5 Å². The number of hydrogen-bond acceptors (Lipinski definition) is 10. The first-order chi connectivity index (χ1) is 18.7. The van der Waals surface area contributed by atoms with Crippen molar-refractivity contribution in [1.82, 2.24) is 25.1 Å². The van der Waals surface area contributed by atoms with E-state index >= 15 is 0 Å². The number of aryl methyl sites for hydroxylation is 1. The van der Waals surface area contributed by atoms with Gasteiger partial charge in [-0.25, -0.2) is 14.4 Å². The predicted octanol–water partition coefficient (Wildman–Crippen LogP) is 4.49. The molecule has 0 bridgehead atoms. The summed E-state index contributed by atoms with van der Waals surface area (Å²) in [7, 11) is 0. The van der Waals surface area contributed by atoms with Crippen molar-refractivity contribution >= 4 is 34.0 Å². The predicted molar refractivity (Wildman–Crippen MR) is 147 cm³/mol. The molecule has 6 rings (SSSR count). The molecule has 204 valence electrons. The monoisotopic (exact) mass is 532 g/mol. The van der Waals surface area contributed by atoms with E-state index in [9.17, 15) is 9.50 Å². The Bertz CT molecular complexity index is 1500. The third-order valence-corrected chi connectivity index (χ3v) is 7.70. The third kappa shape index (κ3) is 4.87. The second kappa shape index (κ2) is 9.71. The van der Waals surface area contributed by atoms with E-state index in [0.717, 1.165) is 29.5 Å². The number of nitrogens with one attached hydrogen (secondary N) is 1. The Kier molecular flexibility index (Phi) is 6.33. The minimum Gasteiger partial charge on any atom is -0.425 e. The van der Waals surface area contributed by atoms with Crippen LogP contribution in [0.25, 0.3) is 10.8 Å². The van der Waals surface area contributed by atoms with Gasteiger partial charge in [0.1, 0.15) is 11.6 Å². The van der Waals surface area contributed by atoms with Gasteiger partial charge in [-0.15, -0.1) is 10.2 Å². The van der Waals surface area contributed by atoms with Crippen LogP contribution in [0.15, 0.2) is 41.1 Å². The first-order valence-electron chi connectivity index (χ1n) is 13.4. The number of aliphatic hydroxyl groups excluding tert-OH is 1. The van der Waals surface area contributed by atoms with E-state index in [1.54, 1.807) is 17.2 Å². The van der Waals surface area contributed by atoms with Crippen LogP contribution in [0.1, 0.15) is 56.4 Å². The highest BCUT2D eigenvalue weighted by atomic mass is 19.1. The van der Waals surface area contributed by atoms with E-state index in [4.69, 9.17) is 9.40 Å². The first kappa shape index (κ1) is 25.4. The molecule has 3 aromatic heterocycles. The van der Waals surface area contributed by atoms with Crippen molar-refractivity contribution in [1.29, 1.82) is 0 Å². The zero-order valence-electron chi connectivity index (χ0n) is 22.6. The Labute approximate surface area is 226 Å². The second-order valence-electron chi connectivity index (χ2n) is 11.1. The average Bonchev–Trinajstić information content (AvgIpc) is 3.30. The molecular formula is C28H33FN8O2. The summed E-state index contributed by atoms with van der Waals surface area (Å²) in [6.07, 6.45) is 2.90. The zero-order valence-corrected chi connectivity index (χ0v) is 22.6. The van der Waals surface area contributed by atoms with Crippen molar-refractivity contribution in [3.63, 3.8) is 0 Å². The molecule has 39 heavy (non-hydrogen) atoms. The number of fused-ring (bicyclic) bond motifs is 1. The highest BCUT2D eigenvalue weighted by molar-refractivity contribution is 5.98. The Morgan fingerprint density at radius 1 is 1.10 bits per heavy atom. The fraction of sp³-hybridized carbons (Fsp3) is 0.464.